The molecule has 0 saturated carbocycles. The minimum atomic E-state index is -0.187. The molecule has 1 atom stereocenters. The Morgan fingerprint density at radius 3 is 2.74 bits per heavy atom. The number of carbonyl (C=O) groups is 2. The molecule has 0 aliphatic carbocycles. The van der Waals surface area contributed by atoms with Crippen LogP contribution in [0.1, 0.15) is 41.0 Å². The van der Waals surface area contributed by atoms with E-state index in [1.165, 1.54) is 16.0 Å². The standard InChI is InChI=1S/C21H25ClN2O2S/c1-3-10-23(19(25)13-22)14-20(26)24-11-8-18-17(9-12-27-18)21(24)16-7-5-4-6-15(16)2/h4-7,9,12,21H,3,8,10-11,13-14H2,1-2H3. The first kappa shape index (κ1) is 19.9. The number of thiophene rings is 1. The molecule has 0 fully saturated rings. The zero-order valence-corrected chi connectivity index (χ0v) is 17.4. The van der Waals surface area contributed by atoms with Crippen molar-refractivity contribution in [2.24, 2.45) is 0 Å². The lowest BCUT2D eigenvalue weighted by Gasteiger charge is -2.38. The summed E-state index contributed by atoms with van der Waals surface area (Å²) in [6.45, 7) is 5.37. The van der Waals surface area contributed by atoms with Gasteiger partial charge in [-0.3, -0.25) is 9.59 Å². The lowest BCUT2D eigenvalue weighted by molar-refractivity contribution is -0.140. The molecular formula is C21H25ClN2O2S. The van der Waals surface area contributed by atoms with Crippen LogP contribution >= 0.6 is 22.9 Å². The number of nitrogens with zero attached hydrogens (tertiary/aromatic N) is 2. The molecule has 0 saturated heterocycles. The maximum absolute atomic E-state index is 13.2. The Bertz CT molecular complexity index is 820. The number of hydrogen-bond acceptors (Lipinski definition) is 3. The third kappa shape index (κ3) is 4.19. The fourth-order valence-corrected chi connectivity index (χ4v) is 4.79. The maximum atomic E-state index is 13.2. The summed E-state index contributed by atoms with van der Waals surface area (Å²) in [7, 11) is 0. The molecule has 0 radical (unpaired) electrons. The van der Waals surface area contributed by atoms with Crippen molar-refractivity contribution in [3.8, 4) is 0 Å². The summed E-state index contributed by atoms with van der Waals surface area (Å²) in [5.41, 5.74) is 3.53. The highest BCUT2D eigenvalue weighted by Crippen LogP contribution is 2.38. The van der Waals surface area contributed by atoms with Crippen molar-refractivity contribution in [3.63, 3.8) is 0 Å². The number of fused-ring (bicyclic) bond motifs is 1. The molecule has 1 aromatic heterocycles. The SMILES string of the molecule is CCCN(CC(=O)N1CCc2sccc2C1c1ccccc1C)C(=O)CCl. The number of rotatable bonds is 6. The number of aryl methyl sites for hydroxylation is 1. The molecular weight excluding hydrogens is 380 g/mol. The monoisotopic (exact) mass is 404 g/mol. The predicted octanol–water partition coefficient (Wildman–Crippen LogP) is 4.01. The molecule has 3 rings (SSSR count). The number of halogens is 1. The molecule has 144 valence electrons. The highest BCUT2D eigenvalue weighted by Gasteiger charge is 2.34. The van der Waals surface area contributed by atoms with Crippen LogP contribution in [0.5, 0.6) is 0 Å². The van der Waals surface area contributed by atoms with Gasteiger partial charge in [-0.2, -0.15) is 0 Å². The zero-order chi connectivity index (χ0) is 19.4. The van der Waals surface area contributed by atoms with Gasteiger partial charge in [0.05, 0.1) is 12.6 Å². The van der Waals surface area contributed by atoms with Gasteiger partial charge in [0.25, 0.3) is 0 Å². The Kier molecular flexibility index (Phi) is 6.55. The van der Waals surface area contributed by atoms with E-state index in [4.69, 9.17) is 11.6 Å². The van der Waals surface area contributed by atoms with Gasteiger partial charge in [-0.25, -0.2) is 0 Å². The normalized spacial score (nSPS) is 16.1. The van der Waals surface area contributed by atoms with Gasteiger partial charge in [0, 0.05) is 18.0 Å². The van der Waals surface area contributed by atoms with Crippen LogP contribution in [0.3, 0.4) is 0 Å². The highest BCUT2D eigenvalue weighted by molar-refractivity contribution is 7.10. The van der Waals surface area contributed by atoms with Gasteiger partial charge in [0.15, 0.2) is 0 Å². The largest absolute Gasteiger partial charge is 0.332 e. The summed E-state index contributed by atoms with van der Waals surface area (Å²) in [5.74, 6) is -0.303. The average molecular weight is 405 g/mol. The minimum absolute atomic E-state index is 0.0213. The van der Waals surface area contributed by atoms with E-state index in [2.05, 4.69) is 30.5 Å². The zero-order valence-electron chi connectivity index (χ0n) is 15.8. The van der Waals surface area contributed by atoms with E-state index in [0.717, 1.165) is 18.4 Å². The fraction of sp³-hybridized carbons (Fsp3) is 0.429. The van der Waals surface area contributed by atoms with Crippen molar-refractivity contribution in [2.75, 3.05) is 25.5 Å². The first-order valence-electron chi connectivity index (χ1n) is 9.31. The Balaban J connectivity index is 1.92. The van der Waals surface area contributed by atoms with Crippen molar-refractivity contribution in [3.05, 3.63) is 57.3 Å². The van der Waals surface area contributed by atoms with Crippen LogP contribution in [-0.2, 0) is 16.0 Å². The van der Waals surface area contributed by atoms with Crippen molar-refractivity contribution in [1.82, 2.24) is 9.80 Å². The number of carbonyl (C=O) groups excluding carboxylic acids is 2. The van der Waals surface area contributed by atoms with Crippen LogP contribution in [0.15, 0.2) is 35.7 Å². The van der Waals surface area contributed by atoms with Crippen molar-refractivity contribution in [2.45, 2.75) is 32.7 Å². The van der Waals surface area contributed by atoms with Gasteiger partial charge in [0.2, 0.25) is 11.8 Å². The summed E-state index contributed by atoms with van der Waals surface area (Å²) < 4.78 is 0. The first-order valence-corrected chi connectivity index (χ1v) is 10.7. The van der Waals surface area contributed by atoms with Crippen molar-refractivity contribution >= 4 is 34.8 Å². The highest BCUT2D eigenvalue weighted by atomic mass is 35.5. The summed E-state index contributed by atoms with van der Waals surface area (Å²) in [6, 6.07) is 10.3. The lowest BCUT2D eigenvalue weighted by atomic mass is 9.90. The molecule has 0 N–H and O–H groups in total. The third-order valence-electron chi connectivity index (χ3n) is 5.06. The molecule has 1 aliphatic rings. The molecule has 1 aliphatic heterocycles. The molecule has 4 nitrogen and oxygen atoms in total. The minimum Gasteiger partial charge on any atom is -0.332 e. The summed E-state index contributed by atoms with van der Waals surface area (Å²) in [4.78, 5) is 30.2. The van der Waals surface area contributed by atoms with Crippen LogP contribution < -0.4 is 0 Å². The quantitative estimate of drug-likeness (QED) is 0.682. The molecule has 2 aromatic rings. The third-order valence-corrected chi connectivity index (χ3v) is 6.28. The van der Waals surface area contributed by atoms with Crippen LogP contribution in [0.4, 0.5) is 0 Å². The lowest BCUT2D eigenvalue weighted by Crippen LogP contribution is -2.47. The summed E-state index contributed by atoms with van der Waals surface area (Å²) in [6.07, 6.45) is 1.66. The average Bonchev–Trinajstić information content (AvgIpc) is 3.15. The second kappa shape index (κ2) is 8.89. The van der Waals surface area contributed by atoms with E-state index >= 15 is 0 Å². The number of alkyl halides is 1. The Morgan fingerprint density at radius 1 is 1.26 bits per heavy atom. The molecule has 0 spiro atoms. The molecule has 6 heteroatoms. The Labute approximate surface area is 169 Å². The van der Waals surface area contributed by atoms with Crippen molar-refractivity contribution in [1.29, 1.82) is 0 Å². The van der Waals surface area contributed by atoms with Gasteiger partial charge >= 0.3 is 0 Å². The number of hydrogen-bond donors (Lipinski definition) is 0. The van der Waals surface area contributed by atoms with E-state index in [1.54, 1.807) is 16.2 Å². The van der Waals surface area contributed by atoms with Gasteiger partial charge < -0.3 is 9.80 Å². The maximum Gasteiger partial charge on any atom is 0.242 e. The van der Waals surface area contributed by atoms with Gasteiger partial charge in [0.1, 0.15) is 5.88 Å². The van der Waals surface area contributed by atoms with Crippen LogP contribution in [-0.4, -0.2) is 47.1 Å². The molecule has 2 heterocycles. The summed E-state index contributed by atoms with van der Waals surface area (Å²) in [5, 5.41) is 2.10. The van der Waals surface area contributed by atoms with Crippen LogP contribution in [0.25, 0.3) is 0 Å². The smallest absolute Gasteiger partial charge is 0.242 e. The predicted molar refractivity (Wildman–Crippen MR) is 110 cm³/mol. The van der Waals surface area contributed by atoms with Crippen LogP contribution in [0, 0.1) is 6.92 Å². The Morgan fingerprint density at radius 2 is 2.04 bits per heavy atom. The van der Waals surface area contributed by atoms with E-state index in [0.29, 0.717) is 13.1 Å². The van der Waals surface area contributed by atoms with Crippen LogP contribution in [0.2, 0.25) is 0 Å². The molecule has 27 heavy (non-hydrogen) atoms. The Hall–Kier alpha value is -1.85. The number of amides is 2. The second-order valence-corrected chi connectivity index (χ2v) is 8.11. The molecule has 2 amide bonds. The van der Waals surface area contributed by atoms with Gasteiger partial charge in [-0.05, 0) is 47.9 Å². The van der Waals surface area contributed by atoms with E-state index in [-0.39, 0.29) is 30.3 Å². The van der Waals surface area contributed by atoms with Gasteiger partial charge in [-0.15, -0.1) is 22.9 Å². The van der Waals surface area contributed by atoms with Crippen molar-refractivity contribution < 1.29 is 9.59 Å². The number of benzene rings is 1. The van der Waals surface area contributed by atoms with E-state index < -0.39 is 0 Å². The molecule has 1 aromatic carbocycles. The van der Waals surface area contributed by atoms with Gasteiger partial charge in [-0.1, -0.05) is 31.2 Å². The topological polar surface area (TPSA) is 40.6 Å². The molecule has 1 unspecified atom stereocenters. The van der Waals surface area contributed by atoms with E-state index in [9.17, 15) is 9.59 Å². The molecule has 0 bridgehead atoms. The van der Waals surface area contributed by atoms with E-state index in [1.807, 2.05) is 24.0 Å². The first-order chi connectivity index (χ1) is 13.1. The second-order valence-electron chi connectivity index (χ2n) is 6.84. The summed E-state index contributed by atoms with van der Waals surface area (Å²) >= 11 is 7.49. The fourth-order valence-electron chi connectivity index (χ4n) is 3.71.